The fraction of sp³-hybridized carbons (Fsp3) is 0.188. The third-order valence-electron chi connectivity index (χ3n) is 3.11. The third kappa shape index (κ3) is 3.15. The molecule has 2 rings (SSSR count). The zero-order valence-electron chi connectivity index (χ0n) is 11.4. The maximum atomic E-state index is 13.0. The molecule has 0 heterocycles. The Labute approximate surface area is 117 Å². The van der Waals surface area contributed by atoms with Crippen LogP contribution in [0.2, 0.25) is 0 Å². The Balaban J connectivity index is 2.19. The van der Waals surface area contributed by atoms with Crippen molar-refractivity contribution in [2.75, 3.05) is 0 Å². The summed E-state index contributed by atoms with van der Waals surface area (Å²) >= 11 is 0. The van der Waals surface area contributed by atoms with E-state index in [1.807, 2.05) is 31.2 Å². The molecule has 0 aromatic heterocycles. The van der Waals surface area contributed by atoms with Gasteiger partial charge in [-0.25, -0.2) is 4.39 Å². The van der Waals surface area contributed by atoms with Crippen LogP contribution in [0.5, 0.6) is 5.75 Å². The van der Waals surface area contributed by atoms with E-state index in [-0.39, 0.29) is 5.82 Å². The Morgan fingerprint density at radius 3 is 2.70 bits per heavy atom. The predicted molar refractivity (Wildman–Crippen MR) is 75.9 cm³/mol. The van der Waals surface area contributed by atoms with Gasteiger partial charge in [0, 0.05) is 5.56 Å². The highest BCUT2D eigenvalue weighted by Gasteiger charge is 2.08. The van der Waals surface area contributed by atoms with Crippen LogP contribution in [0.3, 0.4) is 0 Å². The van der Waals surface area contributed by atoms with E-state index < -0.39 is 0 Å². The molecular weight excluding hydrogens is 257 g/mol. The van der Waals surface area contributed by atoms with Gasteiger partial charge in [0.2, 0.25) is 0 Å². The van der Waals surface area contributed by atoms with Gasteiger partial charge in [-0.3, -0.25) is 0 Å². The van der Waals surface area contributed by atoms with E-state index in [9.17, 15) is 4.39 Å². The van der Waals surface area contributed by atoms with Gasteiger partial charge in [-0.05, 0) is 49.2 Å². The third-order valence-corrected chi connectivity index (χ3v) is 3.11. The van der Waals surface area contributed by atoms with E-state index in [2.05, 4.69) is 5.16 Å². The Kier molecular flexibility index (Phi) is 4.35. The zero-order chi connectivity index (χ0) is 14.5. The van der Waals surface area contributed by atoms with Crippen molar-refractivity contribution in [2.45, 2.75) is 20.5 Å². The molecule has 0 fully saturated rings. The molecule has 0 amide bonds. The zero-order valence-corrected chi connectivity index (χ0v) is 11.4. The molecule has 0 aliphatic heterocycles. The van der Waals surface area contributed by atoms with Crippen LogP contribution in [0.25, 0.3) is 0 Å². The highest BCUT2D eigenvalue weighted by Crippen LogP contribution is 2.21. The van der Waals surface area contributed by atoms with Crippen molar-refractivity contribution in [3.63, 3.8) is 0 Å². The normalized spacial score (nSPS) is 11.4. The quantitative estimate of drug-likeness (QED) is 0.521. The largest absolute Gasteiger partial charge is 0.488 e. The molecule has 20 heavy (non-hydrogen) atoms. The highest BCUT2D eigenvalue weighted by atomic mass is 19.1. The Morgan fingerprint density at radius 2 is 2.00 bits per heavy atom. The second-order valence-electron chi connectivity index (χ2n) is 4.54. The van der Waals surface area contributed by atoms with Crippen molar-refractivity contribution >= 4 is 5.71 Å². The summed E-state index contributed by atoms with van der Waals surface area (Å²) in [6, 6.07) is 11.9. The maximum absolute atomic E-state index is 13.0. The first-order valence-electron chi connectivity index (χ1n) is 6.27. The minimum absolute atomic E-state index is 0.255. The van der Waals surface area contributed by atoms with E-state index in [0.29, 0.717) is 18.1 Å². The summed E-state index contributed by atoms with van der Waals surface area (Å²) in [6.45, 7) is 3.88. The van der Waals surface area contributed by atoms with Crippen molar-refractivity contribution < 1.29 is 14.3 Å². The maximum Gasteiger partial charge on any atom is 0.128 e. The fourth-order valence-electron chi connectivity index (χ4n) is 1.92. The number of aryl methyl sites for hydroxylation is 1. The van der Waals surface area contributed by atoms with Crippen molar-refractivity contribution in [2.24, 2.45) is 5.16 Å². The number of rotatable bonds is 4. The first-order valence-corrected chi connectivity index (χ1v) is 6.27. The lowest BCUT2D eigenvalue weighted by Crippen LogP contribution is -2.03. The van der Waals surface area contributed by atoms with Gasteiger partial charge in [-0.1, -0.05) is 23.4 Å². The van der Waals surface area contributed by atoms with E-state index in [1.54, 1.807) is 13.0 Å². The van der Waals surface area contributed by atoms with Gasteiger partial charge in [-0.15, -0.1) is 0 Å². The molecule has 0 unspecified atom stereocenters. The summed E-state index contributed by atoms with van der Waals surface area (Å²) in [5.74, 6) is 0.376. The molecule has 0 saturated heterocycles. The summed E-state index contributed by atoms with van der Waals surface area (Å²) in [5.41, 5.74) is 2.97. The number of hydrogen-bond acceptors (Lipinski definition) is 3. The van der Waals surface area contributed by atoms with Crippen LogP contribution in [-0.4, -0.2) is 10.9 Å². The SMILES string of the molecule is C/C(=N/O)c1ccccc1OCc1ccc(F)cc1C. The number of halogens is 1. The molecule has 0 radical (unpaired) electrons. The van der Waals surface area contributed by atoms with Gasteiger partial charge in [0.1, 0.15) is 18.2 Å². The van der Waals surface area contributed by atoms with Crippen molar-refractivity contribution in [1.82, 2.24) is 0 Å². The van der Waals surface area contributed by atoms with Crippen molar-refractivity contribution in [3.8, 4) is 5.75 Å². The second-order valence-corrected chi connectivity index (χ2v) is 4.54. The van der Waals surface area contributed by atoms with E-state index >= 15 is 0 Å². The standard InChI is InChI=1S/C16H16FNO2/c1-11-9-14(17)8-7-13(11)10-20-16-6-4-3-5-15(16)12(2)18-19/h3-9,19H,10H2,1-2H3/b18-12-. The molecule has 4 heteroatoms. The lowest BCUT2D eigenvalue weighted by atomic mass is 10.1. The summed E-state index contributed by atoms with van der Waals surface area (Å²) in [5, 5.41) is 12.1. The molecule has 3 nitrogen and oxygen atoms in total. The first kappa shape index (κ1) is 14.1. The molecule has 2 aromatic carbocycles. The van der Waals surface area contributed by atoms with Gasteiger partial charge in [0.15, 0.2) is 0 Å². The van der Waals surface area contributed by atoms with Crippen LogP contribution in [0.15, 0.2) is 47.6 Å². The molecule has 0 aliphatic carbocycles. The van der Waals surface area contributed by atoms with E-state index in [1.165, 1.54) is 12.1 Å². The molecule has 0 bridgehead atoms. The summed E-state index contributed by atoms with van der Waals surface area (Å²) < 4.78 is 18.8. The average molecular weight is 273 g/mol. The lowest BCUT2D eigenvalue weighted by molar-refractivity contribution is 0.302. The number of oxime groups is 1. The van der Waals surface area contributed by atoms with Crippen molar-refractivity contribution in [3.05, 3.63) is 65.0 Å². The van der Waals surface area contributed by atoms with Gasteiger partial charge in [0.05, 0.1) is 5.71 Å². The van der Waals surface area contributed by atoms with Crippen LogP contribution in [0, 0.1) is 12.7 Å². The number of nitrogens with zero attached hydrogens (tertiary/aromatic N) is 1. The van der Waals surface area contributed by atoms with Crippen LogP contribution < -0.4 is 4.74 Å². The first-order chi connectivity index (χ1) is 9.61. The second kappa shape index (κ2) is 6.19. The molecule has 2 aromatic rings. The summed E-state index contributed by atoms with van der Waals surface area (Å²) in [4.78, 5) is 0. The molecule has 1 N–H and O–H groups in total. The van der Waals surface area contributed by atoms with E-state index in [4.69, 9.17) is 9.94 Å². The number of benzene rings is 2. The van der Waals surface area contributed by atoms with Crippen LogP contribution in [0.4, 0.5) is 4.39 Å². The van der Waals surface area contributed by atoms with Gasteiger partial charge >= 0.3 is 0 Å². The number of ether oxygens (including phenoxy) is 1. The fourth-order valence-corrected chi connectivity index (χ4v) is 1.92. The van der Waals surface area contributed by atoms with Gasteiger partial charge in [-0.2, -0.15) is 0 Å². The molecule has 0 saturated carbocycles. The Morgan fingerprint density at radius 1 is 1.25 bits per heavy atom. The number of para-hydroxylation sites is 1. The van der Waals surface area contributed by atoms with Crippen molar-refractivity contribution in [1.29, 1.82) is 0 Å². The van der Waals surface area contributed by atoms with E-state index in [0.717, 1.165) is 16.7 Å². The average Bonchev–Trinajstić information content (AvgIpc) is 2.46. The highest BCUT2D eigenvalue weighted by molar-refractivity contribution is 6.00. The van der Waals surface area contributed by atoms with Gasteiger partial charge < -0.3 is 9.94 Å². The van der Waals surface area contributed by atoms with Crippen LogP contribution >= 0.6 is 0 Å². The molecule has 0 spiro atoms. The lowest BCUT2D eigenvalue weighted by Gasteiger charge is -2.12. The Hall–Kier alpha value is -2.36. The molecule has 0 aliphatic rings. The molecule has 0 atom stereocenters. The smallest absolute Gasteiger partial charge is 0.128 e. The minimum atomic E-state index is -0.255. The number of hydrogen-bond donors (Lipinski definition) is 1. The Bertz CT molecular complexity index is 638. The monoisotopic (exact) mass is 273 g/mol. The van der Waals surface area contributed by atoms with Crippen LogP contribution in [-0.2, 0) is 6.61 Å². The predicted octanol–water partition coefficient (Wildman–Crippen LogP) is 3.91. The topological polar surface area (TPSA) is 41.8 Å². The summed E-state index contributed by atoms with van der Waals surface area (Å²) in [6.07, 6.45) is 0. The van der Waals surface area contributed by atoms with Gasteiger partial charge in [0.25, 0.3) is 0 Å². The van der Waals surface area contributed by atoms with Crippen LogP contribution in [0.1, 0.15) is 23.6 Å². The summed E-state index contributed by atoms with van der Waals surface area (Å²) in [7, 11) is 0. The molecule has 104 valence electrons. The minimum Gasteiger partial charge on any atom is -0.488 e. The molecular formula is C16H16FNO2.